The van der Waals surface area contributed by atoms with Crippen molar-refractivity contribution < 1.29 is 14.4 Å². The van der Waals surface area contributed by atoms with Crippen LogP contribution in [0.3, 0.4) is 0 Å². The summed E-state index contributed by atoms with van der Waals surface area (Å²) in [5, 5.41) is 3.99. The summed E-state index contributed by atoms with van der Waals surface area (Å²) in [4.78, 5) is 13.6. The molecule has 0 aliphatic heterocycles. The molecule has 2 aromatic carbocycles. The fraction of sp³-hybridized carbons (Fsp3) is 0.316. The zero-order valence-electron chi connectivity index (χ0n) is 14.6. The molecule has 0 saturated carbocycles. The molecule has 0 spiro atoms. The molecule has 2 N–H and O–H groups in total. The van der Waals surface area contributed by atoms with Crippen molar-refractivity contribution >= 4 is 29.1 Å². The number of likely N-dealkylation sites (N-methyl/N-ethyl adjacent to an activating group) is 1. The second kappa shape index (κ2) is 9.09. The molecule has 0 heterocycles. The molecule has 4 nitrogen and oxygen atoms in total. The summed E-state index contributed by atoms with van der Waals surface area (Å²) >= 11 is 12.3. The van der Waals surface area contributed by atoms with E-state index in [0.717, 1.165) is 11.3 Å². The van der Waals surface area contributed by atoms with Gasteiger partial charge < -0.3 is 15.0 Å². The average molecular weight is 382 g/mol. The van der Waals surface area contributed by atoms with Gasteiger partial charge in [-0.3, -0.25) is 4.79 Å². The van der Waals surface area contributed by atoms with Crippen LogP contribution in [0.15, 0.2) is 42.5 Å². The molecule has 0 radical (unpaired) electrons. The molecule has 2 aromatic rings. The highest BCUT2D eigenvalue weighted by Crippen LogP contribution is 2.25. The minimum Gasteiger partial charge on any atom is -0.496 e. The summed E-state index contributed by atoms with van der Waals surface area (Å²) in [5.41, 5.74) is 1.70. The molecular formula is C19H23Cl2N2O2+. The van der Waals surface area contributed by atoms with Crippen molar-refractivity contribution in [3.05, 3.63) is 63.6 Å². The van der Waals surface area contributed by atoms with Gasteiger partial charge in [0, 0.05) is 10.0 Å². The summed E-state index contributed by atoms with van der Waals surface area (Å²) < 4.78 is 5.45. The van der Waals surface area contributed by atoms with E-state index in [4.69, 9.17) is 27.9 Å². The Morgan fingerprint density at radius 2 is 1.76 bits per heavy atom. The van der Waals surface area contributed by atoms with Crippen molar-refractivity contribution in [2.45, 2.75) is 12.5 Å². The Balaban J connectivity index is 2.07. The highest BCUT2D eigenvalue weighted by Gasteiger charge is 2.22. The van der Waals surface area contributed by atoms with Crippen molar-refractivity contribution in [3.63, 3.8) is 0 Å². The number of ether oxygens (including phenoxy) is 1. The standard InChI is InChI=1S/C19H22Cl2N2O2/c1-23(2)17(13-7-4-5-10-18(13)25-3)12-22-19(24)11-14-15(20)8-6-9-16(14)21/h4-10,17H,11-12H2,1-3H3,(H,22,24)/p+1/t17-/m0/s1. The molecule has 2 rings (SSSR count). The monoisotopic (exact) mass is 381 g/mol. The van der Waals surface area contributed by atoms with Crippen molar-refractivity contribution in [1.29, 1.82) is 0 Å². The number of carbonyl (C=O) groups is 1. The molecule has 0 aliphatic carbocycles. The Kier molecular flexibility index (Phi) is 7.12. The molecule has 0 aliphatic rings. The van der Waals surface area contributed by atoms with E-state index in [2.05, 4.69) is 5.32 Å². The zero-order chi connectivity index (χ0) is 18.4. The second-order valence-corrected chi connectivity index (χ2v) is 6.87. The van der Waals surface area contributed by atoms with Crippen molar-refractivity contribution in [2.75, 3.05) is 27.7 Å². The van der Waals surface area contributed by atoms with E-state index < -0.39 is 0 Å². The molecule has 134 valence electrons. The topological polar surface area (TPSA) is 42.8 Å². The van der Waals surface area contributed by atoms with Crippen molar-refractivity contribution in [3.8, 4) is 5.75 Å². The number of amides is 1. The number of methoxy groups -OCH3 is 1. The molecule has 25 heavy (non-hydrogen) atoms. The van der Waals surface area contributed by atoms with Crippen LogP contribution in [0.25, 0.3) is 0 Å². The van der Waals surface area contributed by atoms with Gasteiger partial charge in [0.25, 0.3) is 0 Å². The maximum absolute atomic E-state index is 12.4. The number of para-hydroxylation sites is 1. The van der Waals surface area contributed by atoms with Crippen LogP contribution in [0.1, 0.15) is 17.2 Å². The lowest BCUT2D eigenvalue weighted by Crippen LogP contribution is -3.07. The van der Waals surface area contributed by atoms with Gasteiger partial charge in [-0.2, -0.15) is 0 Å². The SMILES string of the molecule is COc1ccccc1[C@H](CNC(=O)Cc1c(Cl)cccc1Cl)[NH+](C)C. The second-order valence-electron chi connectivity index (χ2n) is 6.05. The Hall–Kier alpha value is -1.75. The van der Waals surface area contributed by atoms with E-state index in [0.29, 0.717) is 22.2 Å². The molecule has 0 fully saturated rings. The van der Waals surface area contributed by atoms with Crippen LogP contribution in [0, 0.1) is 0 Å². The number of quaternary nitrogens is 1. The van der Waals surface area contributed by atoms with Gasteiger partial charge in [-0.1, -0.05) is 41.4 Å². The molecule has 6 heteroatoms. The van der Waals surface area contributed by atoms with E-state index in [-0.39, 0.29) is 18.4 Å². The predicted octanol–water partition coefficient (Wildman–Crippen LogP) is 2.55. The Bertz CT molecular complexity index is 715. The summed E-state index contributed by atoms with van der Waals surface area (Å²) in [6.07, 6.45) is 0.153. The molecule has 1 atom stereocenters. The van der Waals surface area contributed by atoms with Crippen LogP contribution in [0.2, 0.25) is 10.0 Å². The zero-order valence-corrected chi connectivity index (χ0v) is 16.1. The fourth-order valence-corrected chi connectivity index (χ4v) is 3.25. The summed E-state index contributed by atoms with van der Waals surface area (Å²) in [7, 11) is 5.75. The smallest absolute Gasteiger partial charge is 0.224 e. The maximum atomic E-state index is 12.4. The Labute approximate surface area is 158 Å². The van der Waals surface area contributed by atoms with Gasteiger partial charge in [-0.05, 0) is 29.8 Å². The third kappa shape index (κ3) is 5.11. The summed E-state index contributed by atoms with van der Waals surface area (Å²) in [6.45, 7) is 0.490. The number of nitrogens with one attached hydrogen (secondary N) is 2. The van der Waals surface area contributed by atoms with Crippen LogP contribution >= 0.6 is 23.2 Å². The molecule has 0 aromatic heterocycles. The molecule has 0 saturated heterocycles. The van der Waals surface area contributed by atoms with Gasteiger partial charge in [-0.15, -0.1) is 0 Å². The molecule has 0 unspecified atom stereocenters. The van der Waals surface area contributed by atoms with Crippen LogP contribution in [0.4, 0.5) is 0 Å². The number of halogens is 2. The van der Waals surface area contributed by atoms with E-state index in [9.17, 15) is 4.79 Å². The summed E-state index contributed by atoms with van der Waals surface area (Å²) in [5.74, 6) is 0.702. The normalized spacial score (nSPS) is 12.1. The molecular weight excluding hydrogens is 359 g/mol. The first kappa shape index (κ1) is 19.6. The Morgan fingerprint density at radius 3 is 2.36 bits per heavy atom. The molecule has 1 amide bonds. The first-order chi connectivity index (χ1) is 11.9. The number of benzene rings is 2. The predicted molar refractivity (Wildman–Crippen MR) is 102 cm³/mol. The average Bonchev–Trinajstić information content (AvgIpc) is 2.58. The first-order valence-corrected chi connectivity index (χ1v) is 8.82. The van der Waals surface area contributed by atoms with Gasteiger partial charge >= 0.3 is 0 Å². The first-order valence-electron chi connectivity index (χ1n) is 8.06. The fourth-order valence-electron chi connectivity index (χ4n) is 2.72. The van der Waals surface area contributed by atoms with Crippen molar-refractivity contribution in [2.24, 2.45) is 0 Å². The quantitative estimate of drug-likeness (QED) is 0.773. The van der Waals surface area contributed by atoms with Gasteiger partial charge in [0.1, 0.15) is 11.8 Å². The van der Waals surface area contributed by atoms with Gasteiger partial charge in [-0.25, -0.2) is 0 Å². The van der Waals surface area contributed by atoms with Crippen molar-refractivity contribution in [1.82, 2.24) is 5.32 Å². The number of hydrogen-bond donors (Lipinski definition) is 2. The number of hydrogen-bond acceptors (Lipinski definition) is 2. The van der Waals surface area contributed by atoms with E-state index in [1.54, 1.807) is 25.3 Å². The third-order valence-corrected chi connectivity index (χ3v) is 4.82. The van der Waals surface area contributed by atoms with Crippen LogP contribution in [0.5, 0.6) is 5.75 Å². The lowest BCUT2D eigenvalue weighted by Gasteiger charge is -2.24. The van der Waals surface area contributed by atoms with E-state index >= 15 is 0 Å². The summed E-state index contributed by atoms with van der Waals surface area (Å²) in [6, 6.07) is 13.2. The third-order valence-electron chi connectivity index (χ3n) is 4.11. The highest BCUT2D eigenvalue weighted by atomic mass is 35.5. The minimum atomic E-state index is -0.115. The van der Waals surface area contributed by atoms with Gasteiger partial charge in [0.15, 0.2) is 0 Å². The minimum absolute atomic E-state index is 0.0711. The van der Waals surface area contributed by atoms with Gasteiger partial charge in [0.2, 0.25) is 5.91 Å². The maximum Gasteiger partial charge on any atom is 0.224 e. The van der Waals surface area contributed by atoms with Crippen LogP contribution < -0.4 is 15.0 Å². The lowest BCUT2D eigenvalue weighted by molar-refractivity contribution is -0.890. The van der Waals surface area contributed by atoms with Crippen LogP contribution in [-0.4, -0.2) is 33.7 Å². The lowest BCUT2D eigenvalue weighted by atomic mass is 10.0. The Morgan fingerprint density at radius 1 is 1.12 bits per heavy atom. The number of carbonyl (C=O) groups excluding carboxylic acids is 1. The van der Waals surface area contributed by atoms with E-state index in [1.807, 2.05) is 38.4 Å². The highest BCUT2D eigenvalue weighted by molar-refractivity contribution is 6.36. The largest absolute Gasteiger partial charge is 0.496 e. The number of rotatable bonds is 7. The van der Waals surface area contributed by atoms with Crippen LogP contribution in [-0.2, 0) is 11.2 Å². The molecule has 0 bridgehead atoms. The van der Waals surface area contributed by atoms with Gasteiger partial charge in [0.05, 0.1) is 39.7 Å². The van der Waals surface area contributed by atoms with E-state index in [1.165, 1.54) is 4.90 Å².